The number of hydrogen-bond donors (Lipinski definition) is 3. The molecule has 1 aromatic rings. The molecule has 5 heteroatoms. The van der Waals surface area contributed by atoms with Crippen molar-refractivity contribution in [3.8, 4) is 0 Å². The summed E-state index contributed by atoms with van der Waals surface area (Å²) < 4.78 is 0. The summed E-state index contributed by atoms with van der Waals surface area (Å²) in [5.74, 6) is 4.97. The summed E-state index contributed by atoms with van der Waals surface area (Å²) in [6.07, 6.45) is 3.47. The van der Waals surface area contributed by atoms with Crippen molar-refractivity contribution in [2.45, 2.75) is 19.3 Å². The second kappa shape index (κ2) is 4.75. The Labute approximate surface area is 89.0 Å². The number of urea groups is 1. The van der Waals surface area contributed by atoms with E-state index in [2.05, 4.69) is 10.3 Å². The lowest BCUT2D eigenvalue weighted by Gasteiger charge is -2.25. The quantitative estimate of drug-likeness (QED) is 0.385. The van der Waals surface area contributed by atoms with Crippen molar-refractivity contribution in [2.75, 3.05) is 6.54 Å². The molecule has 15 heavy (non-hydrogen) atoms. The van der Waals surface area contributed by atoms with Crippen molar-refractivity contribution >= 4 is 6.03 Å². The summed E-state index contributed by atoms with van der Waals surface area (Å²) in [7, 11) is 0. The Hall–Kier alpha value is -1.62. The van der Waals surface area contributed by atoms with Crippen LogP contribution in [0.4, 0.5) is 4.79 Å². The van der Waals surface area contributed by atoms with Gasteiger partial charge in [0.25, 0.3) is 0 Å². The number of carbonyl (C=O) groups excluding carboxylic acids is 1. The minimum absolute atomic E-state index is 0.143. The summed E-state index contributed by atoms with van der Waals surface area (Å²) in [5, 5.41) is 2.68. The van der Waals surface area contributed by atoms with E-state index in [4.69, 9.17) is 5.84 Å². The summed E-state index contributed by atoms with van der Waals surface area (Å²) in [6.45, 7) is 4.60. The Morgan fingerprint density at radius 2 is 2.07 bits per heavy atom. The van der Waals surface area contributed by atoms with E-state index in [1.807, 2.05) is 31.4 Å². The van der Waals surface area contributed by atoms with E-state index >= 15 is 0 Å². The van der Waals surface area contributed by atoms with Gasteiger partial charge in [-0.25, -0.2) is 10.6 Å². The van der Waals surface area contributed by atoms with Crippen LogP contribution in [0.3, 0.4) is 0 Å². The summed E-state index contributed by atoms with van der Waals surface area (Å²) >= 11 is 0. The molecule has 0 saturated heterocycles. The van der Waals surface area contributed by atoms with E-state index in [0.29, 0.717) is 6.54 Å². The lowest BCUT2D eigenvalue weighted by Crippen LogP contribution is -2.44. The molecule has 4 N–H and O–H groups in total. The van der Waals surface area contributed by atoms with Gasteiger partial charge in [0.15, 0.2) is 0 Å². The normalized spacial score (nSPS) is 10.9. The molecule has 0 fully saturated rings. The molecule has 0 bridgehead atoms. The zero-order valence-electron chi connectivity index (χ0n) is 8.95. The number of nitrogens with one attached hydrogen (secondary N) is 2. The average Bonchev–Trinajstić information content (AvgIpc) is 2.27. The lowest BCUT2D eigenvalue weighted by molar-refractivity contribution is 0.238. The SMILES string of the molecule is CC(C)(CNC(=O)NN)c1ccncc1. The van der Waals surface area contributed by atoms with Crippen molar-refractivity contribution in [3.63, 3.8) is 0 Å². The van der Waals surface area contributed by atoms with Crippen LogP contribution < -0.4 is 16.6 Å². The van der Waals surface area contributed by atoms with Crippen LogP contribution in [0.1, 0.15) is 19.4 Å². The topological polar surface area (TPSA) is 80.0 Å². The average molecular weight is 208 g/mol. The lowest BCUT2D eigenvalue weighted by atomic mass is 9.85. The number of hydrogen-bond acceptors (Lipinski definition) is 3. The Morgan fingerprint density at radius 1 is 1.47 bits per heavy atom. The Bertz CT molecular complexity index is 323. The van der Waals surface area contributed by atoms with Gasteiger partial charge in [0, 0.05) is 24.4 Å². The zero-order chi connectivity index (χ0) is 11.3. The first-order chi connectivity index (χ1) is 7.06. The number of aromatic nitrogens is 1. The predicted octanol–water partition coefficient (Wildman–Crippen LogP) is 0.532. The number of rotatable bonds is 3. The van der Waals surface area contributed by atoms with Crippen LogP contribution in [0.5, 0.6) is 0 Å². The molecule has 82 valence electrons. The molecule has 0 radical (unpaired) electrons. The van der Waals surface area contributed by atoms with Crippen molar-refractivity contribution in [1.82, 2.24) is 15.7 Å². The smallest absolute Gasteiger partial charge is 0.328 e. The summed E-state index contributed by atoms with van der Waals surface area (Å²) in [5.41, 5.74) is 3.00. The van der Waals surface area contributed by atoms with Crippen LogP contribution >= 0.6 is 0 Å². The Balaban J connectivity index is 2.63. The fourth-order valence-electron chi connectivity index (χ4n) is 1.26. The van der Waals surface area contributed by atoms with Gasteiger partial charge in [-0.2, -0.15) is 0 Å². The van der Waals surface area contributed by atoms with Crippen LogP contribution in [-0.4, -0.2) is 17.6 Å². The number of pyridine rings is 1. The van der Waals surface area contributed by atoms with Crippen LogP contribution in [0, 0.1) is 0 Å². The molecule has 0 atom stereocenters. The van der Waals surface area contributed by atoms with E-state index in [1.165, 1.54) is 0 Å². The van der Waals surface area contributed by atoms with Gasteiger partial charge in [-0.1, -0.05) is 13.8 Å². The molecule has 0 saturated carbocycles. The van der Waals surface area contributed by atoms with Gasteiger partial charge in [-0.15, -0.1) is 0 Å². The van der Waals surface area contributed by atoms with Crippen molar-refractivity contribution < 1.29 is 4.79 Å². The molecule has 1 heterocycles. The molecule has 0 aromatic carbocycles. The minimum atomic E-state index is -0.378. The number of carbonyl (C=O) groups is 1. The number of amides is 2. The highest BCUT2D eigenvalue weighted by Gasteiger charge is 2.20. The predicted molar refractivity (Wildman–Crippen MR) is 58.0 cm³/mol. The standard InChI is InChI=1S/C10H16N4O/c1-10(2,7-13-9(15)14-11)8-3-5-12-6-4-8/h3-6H,7,11H2,1-2H3,(H2,13,14,15). The van der Waals surface area contributed by atoms with Crippen molar-refractivity contribution in [2.24, 2.45) is 5.84 Å². The molecule has 0 unspecified atom stereocenters. The molecule has 1 rings (SSSR count). The maximum atomic E-state index is 10.9. The minimum Gasteiger partial charge on any atom is -0.336 e. The first kappa shape index (κ1) is 11.5. The third kappa shape index (κ3) is 3.21. The zero-order valence-corrected chi connectivity index (χ0v) is 8.95. The molecule has 0 aliphatic heterocycles. The molecular formula is C10H16N4O. The van der Waals surface area contributed by atoms with Gasteiger partial charge >= 0.3 is 6.03 Å². The second-order valence-electron chi connectivity index (χ2n) is 3.95. The van der Waals surface area contributed by atoms with Gasteiger partial charge in [-0.3, -0.25) is 10.4 Å². The van der Waals surface area contributed by atoms with Crippen molar-refractivity contribution in [3.05, 3.63) is 30.1 Å². The summed E-state index contributed by atoms with van der Waals surface area (Å²) in [4.78, 5) is 14.9. The third-order valence-electron chi connectivity index (χ3n) is 2.28. The molecule has 5 nitrogen and oxygen atoms in total. The molecule has 0 aliphatic carbocycles. The van der Waals surface area contributed by atoms with Crippen LogP contribution in [0.25, 0.3) is 0 Å². The van der Waals surface area contributed by atoms with Gasteiger partial charge in [0.05, 0.1) is 0 Å². The van der Waals surface area contributed by atoms with Gasteiger partial charge in [-0.05, 0) is 17.7 Å². The maximum absolute atomic E-state index is 10.9. The number of nitrogens with zero attached hydrogens (tertiary/aromatic N) is 1. The second-order valence-corrected chi connectivity index (χ2v) is 3.95. The van der Waals surface area contributed by atoms with E-state index in [1.54, 1.807) is 12.4 Å². The van der Waals surface area contributed by atoms with Gasteiger partial charge in [0.1, 0.15) is 0 Å². The fraction of sp³-hybridized carbons (Fsp3) is 0.400. The number of nitrogens with two attached hydrogens (primary N) is 1. The first-order valence-corrected chi connectivity index (χ1v) is 4.71. The van der Waals surface area contributed by atoms with E-state index in [0.717, 1.165) is 5.56 Å². The van der Waals surface area contributed by atoms with Crippen LogP contribution in [-0.2, 0) is 5.41 Å². The molecule has 0 spiro atoms. The molecule has 1 aromatic heterocycles. The van der Waals surface area contributed by atoms with Gasteiger partial charge in [0.2, 0.25) is 0 Å². The largest absolute Gasteiger partial charge is 0.336 e. The third-order valence-corrected chi connectivity index (χ3v) is 2.28. The highest BCUT2D eigenvalue weighted by Crippen LogP contribution is 2.20. The van der Waals surface area contributed by atoms with E-state index in [9.17, 15) is 4.79 Å². The van der Waals surface area contributed by atoms with E-state index < -0.39 is 0 Å². The Kier molecular flexibility index (Phi) is 3.62. The first-order valence-electron chi connectivity index (χ1n) is 4.71. The van der Waals surface area contributed by atoms with Gasteiger partial charge < -0.3 is 5.32 Å². The fourth-order valence-corrected chi connectivity index (χ4v) is 1.26. The highest BCUT2D eigenvalue weighted by atomic mass is 16.2. The Morgan fingerprint density at radius 3 is 2.60 bits per heavy atom. The molecule has 0 aliphatic rings. The molecule has 2 amide bonds. The monoisotopic (exact) mass is 208 g/mol. The number of hydrazine groups is 1. The van der Waals surface area contributed by atoms with Crippen molar-refractivity contribution in [1.29, 1.82) is 0 Å². The molecular weight excluding hydrogens is 192 g/mol. The summed E-state index contributed by atoms with van der Waals surface area (Å²) in [6, 6.07) is 3.49. The highest BCUT2D eigenvalue weighted by molar-refractivity contribution is 5.73. The van der Waals surface area contributed by atoms with E-state index in [-0.39, 0.29) is 11.4 Å². The maximum Gasteiger partial charge on any atom is 0.328 e. The van der Waals surface area contributed by atoms with Crippen LogP contribution in [0.2, 0.25) is 0 Å². The van der Waals surface area contributed by atoms with Crippen LogP contribution in [0.15, 0.2) is 24.5 Å².